The molecule has 0 unspecified atom stereocenters. The molecule has 0 atom stereocenters. The lowest BCUT2D eigenvalue weighted by molar-refractivity contribution is 0.0679. The van der Waals surface area contributed by atoms with Crippen LogP contribution in [0.15, 0.2) is 61.2 Å². The van der Waals surface area contributed by atoms with Crippen LogP contribution < -0.4 is 28.4 Å². The topological polar surface area (TPSA) is 122 Å². The predicted molar refractivity (Wildman–Crippen MR) is 210 cm³/mol. The van der Waals surface area contributed by atoms with Gasteiger partial charge in [-0.15, -0.1) is 0 Å². The molecule has 2 aromatic carbocycles. The molecule has 2 aliphatic heterocycles. The van der Waals surface area contributed by atoms with Gasteiger partial charge >= 0.3 is 0 Å². The van der Waals surface area contributed by atoms with Crippen LogP contribution in [0, 0.1) is 11.8 Å². The Morgan fingerprint density at radius 2 is 0.855 bits per heavy atom. The van der Waals surface area contributed by atoms with Crippen LogP contribution in [0.4, 0.5) is 0 Å². The Labute approximate surface area is 323 Å². The number of ether oxygens (including phenoxy) is 6. The molecule has 0 aliphatic carbocycles. The Bertz CT molecular complexity index is 1760. The maximum Gasteiger partial charge on any atom is 0.255 e. The molecule has 292 valence electrons. The number of carbonyl (C=O) groups is 2. The number of hydrogen-bond acceptors (Lipinski definition) is 10. The number of amides is 2. The van der Waals surface area contributed by atoms with Gasteiger partial charge in [-0.05, 0) is 85.0 Å². The van der Waals surface area contributed by atoms with Crippen LogP contribution in [-0.4, -0.2) is 100 Å². The molecule has 0 bridgehead atoms. The lowest BCUT2D eigenvalue weighted by Crippen LogP contribution is -2.39. The van der Waals surface area contributed by atoms with Crippen molar-refractivity contribution in [3.63, 3.8) is 0 Å². The van der Waals surface area contributed by atoms with E-state index in [0.29, 0.717) is 57.5 Å². The number of pyridine rings is 2. The summed E-state index contributed by atoms with van der Waals surface area (Å²) in [5.74, 6) is 4.43. The molecule has 2 aromatic heterocycles. The van der Waals surface area contributed by atoms with Crippen LogP contribution in [0.25, 0.3) is 22.3 Å². The molecule has 2 aliphatic rings. The molecule has 55 heavy (non-hydrogen) atoms. The number of hydrogen-bond donors (Lipinski definition) is 0. The van der Waals surface area contributed by atoms with E-state index in [2.05, 4.69) is 9.97 Å². The minimum absolute atomic E-state index is 0.00486. The molecule has 0 N–H and O–H groups in total. The first-order valence-electron chi connectivity index (χ1n) is 18.9. The van der Waals surface area contributed by atoms with Gasteiger partial charge in [0.15, 0.2) is 23.0 Å². The van der Waals surface area contributed by atoms with Crippen LogP contribution in [0.5, 0.6) is 34.5 Å². The molecule has 12 heteroatoms. The van der Waals surface area contributed by atoms with Crippen molar-refractivity contribution >= 4 is 11.8 Å². The summed E-state index contributed by atoms with van der Waals surface area (Å²) in [6.45, 7) is 2.98. The highest BCUT2D eigenvalue weighted by Gasteiger charge is 2.27. The summed E-state index contributed by atoms with van der Waals surface area (Å²) >= 11 is 0. The second kappa shape index (κ2) is 18.2. The number of aromatic nitrogens is 2. The van der Waals surface area contributed by atoms with Crippen molar-refractivity contribution in [2.45, 2.75) is 44.9 Å². The van der Waals surface area contributed by atoms with Crippen molar-refractivity contribution in [2.75, 3.05) is 68.8 Å². The zero-order valence-electron chi connectivity index (χ0n) is 32.8. The zero-order chi connectivity index (χ0) is 38.9. The van der Waals surface area contributed by atoms with Crippen LogP contribution in [0.2, 0.25) is 0 Å². The summed E-state index contributed by atoms with van der Waals surface area (Å²) in [5.41, 5.74) is 4.38. The highest BCUT2D eigenvalue weighted by Crippen LogP contribution is 2.42. The Morgan fingerprint density at radius 1 is 0.509 bits per heavy atom. The van der Waals surface area contributed by atoms with Gasteiger partial charge in [-0.25, -0.2) is 0 Å². The van der Waals surface area contributed by atoms with E-state index in [-0.39, 0.29) is 11.8 Å². The van der Waals surface area contributed by atoms with Crippen molar-refractivity contribution in [1.82, 2.24) is 19.8 Å². The summed E-state index contributed by atoms with van der Waals surface area (Å²) in [4.78, 5) is 39.8. The van der Waals surface area contributed by atoms with Gasteiger partial charge < -0.3 is 38.2 Å². The van der Waals surface area contributed by atoms with E-state index in [9.17, 15) is 9.59 Å². The third kappa shape index (κ3) is 8.90. The average molecular weight is 753 g/mol. The van der Waals surface area contributed by atoms with Crippen molar-refractivity contribution < 1.29 is 38.0 Å². The molecule has 4 aromatic rings. The Hall–Kier alpha value is -5.52. The summed E-state index contributed by atoms with van der Waals surface area (Å²) in [6.07, 6.45) is 14.3. The van der Waals surface area contributed by atoms with Gasteiger partial charge in [0.2, 0.25) is 11.5 Å². The van der Waals surface area contributed by atoms with Crippen LogP contribution >= 0.6 is 0 Å². The van der Waals surface area contributed by atoms with Gasteiger partial charge in [0.1, 0.15) is 0 Å². The third-order valence-corrected chi connectivity index (χ3v) is 11.0. The molecule has 2 fully saturated rings. The van der Waals surface area contributed by atoms with Crippen molar-refractivity contribution in [2.24, 2.45) is 11.8 Å². The molecule has 4 heterocycles. The van der Waals surface area contributed by atoms with Gasteiger partial charge in [0.25, 0.3) is 11.8 Å². The number of nitrogens with zero attached hydrogens (tertiary/aromatic N) is 4. The van der Waals surface area contributed by atoms with Gasteiger partial charge in [-0.3, -0.25) is 19.6 Å². The summed E-state index contributed by atoms with van der Waals surface area (Å²) < 4.78 is 33.0. The number of methoxy groups -OCH3 is 6. The summed E-state index contributed by atoms with van der Waals surface area (Å²) in [7, 11) is 9.47. The lowest BCUT2D eigenvalue weighted by Gasteiger charge is -2.34. The Balaban J connectivity index is 0.954. The fourth-order valence-electron chi connectivity index (χ4n) is 7.83. The monoisotopic (exact) mass is 752 g/mol. The van der Waals surface area contributed by atoms with Crippen molar-refractivity contribution in [1.29, 1.82) is 0 Å². The molecule has 12 nitrogen and oxygen atoms in total. The normalized spacial score (nSPS) is 15.0. The van der Waals surface area contributed by atoms with E-state index in [4.69, 9.17) is 28.4 Å². The fraction of sp³-hybridized carbons (Fsp3) is 0.442. The van der Waals surface area contributed by atoms with E-state index in [1.54, 1.807) is 67.4 Å². The number of benzene rings is 2. The van der Waals surface area contributed by atoms with Gasteiger partial charge in [-0.1, -0.05) is 19.3 Å². The second-order valence-corrected chi connectivity index (χ2v) is 14.2. The average Bonchev–Trinajstić information content (AvgIpc) is 3.25. The molecule has 6 rings (SSSR count). The minimum atomic E-state index is 0.00486. The lowest BCUT2D eigenvalue weighted by atomic mass is 9.86. The Morgan fingerprint density at radius 3 is 1.16 bits per heavy atom. The van der Waals surface area contributed by atoms with Gasteiger partial charge in [-0.2, -0.15) is 0 Å². The van der Waals surface area contributed by atoms with Crippen molar-refractivity contribution in [3.05, 3.63) is 72.3 Å². The van der Waals surface area contributed by atoms with Crippen molar-refractivity contribution in [3.8, 4) is 56.8 Å². The zero-order valence-corrected chi connectivity index (χ0v) is 32.8. The van der Waals surface area contributed by atoms with Gasteiger partial charge in [0, 0.05) is 62.1 Å². The second-order valence-electron chi connectivity index (χ2n) is 14.2. The van der Waals surface area contributed by atoms with E-state index in [1.807, 2.05) is 46.2 Å². The molecule has 0 radical (unpaired) electrons. The number of carbonyl (C=O) groups excluding carboxylic acids is 2. The Kier molecular flexibility index (Phi) is 13.0. The highest BCUT2D eigenvalue weighted by atomic mass is 16.5. The molecular formula is C43H52N4O8. The third-order valence-electron chi connectivity index (χ3n) is 11.0. The highest BCUT2D eigenvalue weighted by molar-refractivity contribution is 5.96. The summed E-state index contributed by atoms with van der Waals surface area (Å²) in [6, 6.07) is 11.2. The SMILES string of the molecule is COc1cc(-c2cncc(C(=O)N3CCC(CCCC4CCN(C(=O)c5cncc(-c6cc(OC)c(OC)c(OC)c6)c5)CC4)CC3)c2)cc(OC)c1OC. The first-order chi connectivity index (χ1) is 26.8. The molecule has 2 saturated heterocycles. The van der Waals surface area contributed by atoms with Gasteiger partial charge in [0.05, 0.1) is 53.8 Å². The number of rotatable bonds is 14. The quantitative estimate of drug-likeness (QED) is 0.129. The number of piperidine rings is 2. The molecule has 0 saturated carbocycles. The van der Waals surface area contributed by atoms with E-state index < -0.39 is 0 Å². The van der Waals surface area contributed by atoms with Crippen LogP contribution in [-0.2, 0) is 0 Å². The number of likely N-dealkylation sites (tertiary alicyclic amines) is 2. The first kappa shape index (κ1) is 39.2. The van der Waals surface area contributed by atoms with E-state index in [0.717, 1.165) is 74.1 Å². The minimum Gasteiger partial charge on any atom is -0.493 e. The molecule has 2 amide bonds. The largest absolute Gasteiger partial charge is 0.493 e. The standard InChI is InChI=1S/C43H52N4O8/c1-50-36-20-30(21-37(51-2)40(36)54-5)32-18-34(26-44-24-32)42(48)46-14-10-28(11-15-46)8-7-9-29-12-16-47(17-13-29)43(49)35-19-33(25-45-27-35)31-22-38(52-3)41(55-6)39(23-31)53-4/h18-29H,7-17H2,1-6H3. The van der Waals surface area contributed by atoms with Crippen LogP contribution in [0.1, 0.15) is 65.7 Å². The fourth-order valence-corrected chi connectivity index (χ4v) is 7.83. The maximum absolute atomic E-state index is 13.5. The molecular weight excluding hydrogens is 700 g/mol. The smallest absolute Gasteiger partial charge is 0.255 e. The first-order valence-corrected chi connectivity index (χ1v) is 18.9. The summed E-state index contributed by atoms with van der Waals surface area (Å²) in [5, 5.41) is 0. The molecule has 0 spiro atoms. The van der Waals surface area contributed by atoms with E-state index in [1.165, 1.54) is 19.3 Å². The predicted octanol–water partition coefficient (Wildman–Crippen LogP) is 7.44. The maximum atomic E-state index is 13.5. The van der Waals surface area contributed by atoms with E-state index >= 15 is 0 Å². The van der Waals surface area contributed by atoms with Crippen LogP contribution in [0.3, 0.4) is 0 Å².